The Morgan fingerprint density at radius 3 is 2.63 bits per heavy atom. The zero-order chi connectivity index (χ0) is 21.3. The van der Waals surface area contributed by atoms with Gasteiger partial charge in [0, 0.05) is 24.5 Å². The van der Waals surface area contributed by atoms with Gasteiger partial charge in [-0.3, -0.25) is 9.78 Å². The predicted molar refractivity (Wildman–Crippen MR) is 117 cm³/mol. The molecule has 4 N–H and O–H groups in total. The number of aliphatic hydroxyl groups excluding tert-OH is 1. The first kappa shape index (κ1) is 22.2. The first-order valence-corrected chi connectivity index (χ1v) is 10.6. The van der Waals surface area contributed by atoms with Crippen LogP contribution in [-0.2, 0) is 6.42 Å². The van der Waals surface area contributed by atoms with Crippen LogP contribution >= 0.6 is 22.9 Å². The molecule has 0 aliphatic rings. The molecule has 1 unspecified atom stereocenters. The van der Waals surface area contributed by atoms with E-state index in [9.17, 15) is 15.0 Å². The molecule has 9 heteroatoms. The summed E-state index contributed by atoms with van der Waals surface area (Å²) < 4.78 is 11.2. The minimum Gasteiger partial charge on any atom is -0.494 e. The third kappa shape index (κ3) is 7.07. The van der Waals surface area contributed by atoms with Crippen molar-refractivity contribution in [3.63, 3.8) is 0 Å². The zero-order valence-electron chi connectivity index (χ0n) is 16.1. The number of aromatic nitrogens is 1. The predicted octanol–water partition coefficient (Wildman–Crippen LogP) is 2.79. The molecule has 1 atom stereocenters. The second-order valence-electron chi connectivity index (χ2n) is 6.58. The molecule has 0 aliphatic heterocycles. The molecule has 0 fully saturated rings. The molecule has 3 aromatic rings. The standard InChI is InChI=1S/C21H23ClN2O5S/c22-15-2-1-3-18(11-15)29-13-16(25)12-23-8-9-28-17-6-4-14(5-7-17)10-19-20(26)24-21(27)30-19/h1-7,11,16,23,25-26H,8-10,12-13H2,(H,24,27). The van der Waals surface area contributed by atoms with Gasteiger partial charge >= 0.3 is 4.87 Å². The van der Waals surface area contributed by atoms with Gasteiger partial charge in [0.1, 0.15) is 30.8 Å². The summed E-state index contributed by atoms with van der Waals surface area (Å²) in [5.41, 5.74) is 0.967. The van der Waals surface area contributed by atoms with Crippen LogP contribution in [0, 0.1) is 0 Å². The van der Waals surface area contributed by atoms with Crippen molar-refractivity contribution in [3.8, 4) is 17.4 Å². The summed E-state index contributed by atoms with van der Waals surface area (Å²) in [4.78, 5) is 13.9. The summed E-state index contributed by atoms with van der Waals surface area (Å²) in [6.07, 6.45) is -0.171. The van der Waals surface area contributed by atoms with E-state index in [0.717, 1.165) is 22.6 Å². The molecule has 0 bridgehead atoms. The van der Waals surface area contributed by atoms with Crippen molar-refractivity contribution in [2.24, 2.45) is 0 Å². The fourth-order valence-electron chi connectivity index (χ4n) is 2.68. The quantitative estimate of drug-likeness (QED) is 0.335. The van der Waals surface area contributed by atoms with Crippen molar-refractivity contribution in [2.75, 3.05) is 26.3 Å². The van der Waals surface area contributed by atoms with Crippen molar-refractivity contribution in [3.05, 3.63) is 73.7 Å². The molecule has 3 rings (SSSR count). The lowest BCUT2D eigenvalue weighted by Gasteiger charge is -2.14. The van der Waals surface area contributed by atoms with Gasteiger partial charge in [-0.15, -0.1) is 0 Å². The zero-order valence-corrected chi connectivity index (χ0v) is 17.7. The molecule has 0 saturated heterocycles. The first-order chi connectivity index (χ1) is 14.5. The Morgan fingerprint density at radius 1 is 1.13 bits per heavy atom. The highest BCUT2D eigenvalue weighted by atomic mass is 35.5. The van der Waals surface area contributed by atoms with Crippen LogP contribution in [0.5, 0.6) is 17.4 Å². The van der Waals surface area contributed by atoms with E-state index in [2.05, 4.69) is 10.3 Å². The molecule has 0 aliphatic carbocycles. The van der Waals surface area contributed by atoms with Crippen molar-refractivity contribution >= 4 is 22.9 Å². The smallest absolute Gasteiger partial charge is 0.307 e. The topological polar surface area (TPSA) is 104 Å². The van der Waals surface area contributed by atoms with Crippen LogP contribution in [0.3, 0.4) is 0 Å². The molecule has 0 spiro atoms. The highest BCUT2D eigenvalue weighted by Crippen LogP contribution is 2.21. The molecule has 0 amide bonds. The van der Waals surface area contributed by atoms with Gasteiger partial charge in [0.15, 0.2) is 0 Å². The van der Waals surface area contributed by atoms with Gasteiger partial charge in [0.25, 0.3) is 0 Å². The van der Waals surface area contributed by atoms with Crippen LogP contribution in [0.15, 0.2) is 53.3 Å². The van der Waals surface area contributed by atoms with Crippen molar-refractivity contribution in [1.29, 1.82) is 0 Å². The number of aromatic amines is 1. The Morgan fingerprint density at radius 2 is 1.93 bits per heavy atom. The largest absolute Gasteiger partial charge is 0.494 e. The number of thiazole rings is 1. The van der Waals surface area contributed by atoms with Crippen molar-refractivity contribution in [1.82, 2.24) is 10.3 Å². The highest BCUT2D eigenvalue weighted by Gasteiger charge is 2.08. The fraction of sp³-hybridized carbons (Fsp3) is 0.286. The molecule has 2 aromatic carbocycles. The summed E-state index contributed by atoms with van der Waals surface area (Å²) in [6, 6.07) is 14.5. The monoisotopic (exact) mass is 450 g/mol. The summed E-state index contributed by atoms with van der Waals surface area (Å²) in [5, 5.41) is 23.3. The van der Waals surface area contributed by atoms with Gasteiger partial charge in [-0.1, -0.05) is 41.1 Å². The summed E-state index contributed by atoms with van der Waals surface area (Å²) in [7, 11) is 0. The number of aliphatic hydroxyl groups is 1. The molecule has 30 heavy (non-hydrogen) atoms. The molecule has 160 valence electrons. The fourth-order valence-corrected chi connectivity index (χ4v) is 3.62. The van der Waals surface area contributed by atoms with Crippen LogP contribution in [0.4, 0.5) is 0 Å². The minimum atomic E-state index is -0.649. The second-order valence-corrected chi connectivity index (χ2v) is 8.09. The first-order valence-electron chi connectivity index (χ1n) is 9.39. The average molecular weight is 451 g/mol. The Kier molecular flexibility index (Phi) is 8.15. The van der Waals surface area contributed by atoms with E-state index in [1.165, 1.54) is 0 Å². The van der Waals surface area contributed by atoms with Gasteiger partial charge in [-0.25, -0.2) is 0 Å². The van der Waals surface area contributed by atoms with Crippen LogP contribution in [0.2, 0.25) is 5.02 Å². The molecule has 0 saturated carbocycles. The Labute approximate surface area is 182 Å². The van der Waals surface area contributed by atoms with E-state index < -0.39 is 6.10 Å². The number of H-pyrrole nitrogens is 1. The van der Waals surface area contributed by atoms with Crippen LogP contribution in [0.25, 0.3) is 0 Å². The number of nitrogens with one attached hydrogen (secondary N) is 2. The van der Waals surface area contributed by atoms with Crippen LogP contribution in [-0.4, -0.2) is 47.6 Å². The Bertz CT molecular complexity index is 990. The molecule has 1 aromatic heterocycles. The van der Waals surface area contributed by atoms with Crippen LogP contribution in [0.1, 0.15) is 10.4 Å². The summed E-state index contributed by atoms with van der Waals surface area (Å²) in [5.74, 6) is 1.27. The van der Waals surface area contributed by atoms with Gasteiger partial charge < -0.3 is 25.0 Å². The van der Waals surface area contributed by atoms with E-state index in [0.29, 0.717) is 41.8 Å². The van der Waals surface area contributed by atoms with E-state index in [-0.39, 0.29) is 17.4 Å². The maximum absolute atomic E-state index is 11.2. The Balaban J connectivity index is 1.31. The lowest BCUT2D eigenvalue weighted by molar-refractivity contribution is 0.105. The third-order valence-electron chi connectivity index (χ3n) is 4.15. The van der Waals surface area contributed by atoms with Gasteiger partial charge in [0.2, 0.25) is 5.88 Å². The number of hydrogen-bond acceptors (Lipinski definition) is 7. The van der Waals surface area contributed by atoms with Crippen LogP contribution < -0.4 is 19.7 Å². The lowest BCUT2D eigenvalue weighted by Crippen LogP contribution is -2.33. The van der Waals surface area contributed by atoms with E-state index >= 15 is 0 Å². The average Bonchev–Trinajstić information content (AvgIpc) is 3.04. The number of hydrogen-bond donors (Lipinski definition) is 4. The normalized spacial score (nSPS) is 11.9. The molecule has 7 nitrogen and oxygen atoms in total. The number of rotatable bonds is 11. The minimum absolute atomic E-state index is 0.0726. The summed E-state index contributed by atoms with van der Waals surface area (Å²) in [6.45, 7) is 1.57. The van der Waals surface area contributed by atoms with E-state index in [4.69, 9.17) is 21.1 Å². The molecule has 0 radical (unpaired) electrons. The van der Waals surface area contributed by atoms with Crippen molar-refractivity contribution < 1.29 is 19.7 Å². The van der Waals surface area contributed by atoms with Gasteiger partial charge in [0.05, 0.1) is 4.88 Å². The maximum atomic E-state index is 11.2. The maximum Gasteiger partial charge on any atom is 0.307 e. The SMILES string of the molecule is O=c1[nH]c(O)c(Cc2ccc(OCCNCC(O)COc3cccc(Cl)c3)cc2)s1. The number of aromatic hydroxyl groups is 1. The highest BCUT2D eigenvalue weighted by molar-refractivity contribution is 7.09. The molecular weight excluding hydrogens is 428 g/mol. The third-order valence-corrected chi connectivity index (χ3v) is 5.26. The number of halogens is 1. The van der Waals surface area contributed by atoms with Gasteiger partial charge in [-0.2, -0.15) is 0 Å². The van der Waals surface area contributed by atoms with E-state index in [1.807, 2.05) is 24.3 Å². The van der Waals surface area contributed by atoms with Gasteiger partial charge in [-0.05, 0) is 35.9 Å². The van der Waals surface area contributed by atoms with E-state index in [1.54, 1.807) is 24.3 Å². The molecular formula is C21H23ClN2O5S. The second kappa shape index (κ2) is 11.0. The lowest BCUT2D eigenvalue weighted by atomic mass is 10.1. The number of ether oxygens (including phenoxy) is 2. The van der Waals surface area contributed by atoms with Crippen molar-refractivity contribution in [2.45, 2.75) is 12.5 Å². The number of benzene rings is 2. The Hall–Kier alpha value is -2.52. The summed E-state index contributed by atoms with van der Waals surface area (Å²) >= 11 is 6.89. The molecule has 1 heterocycles.